The fourth-order valence-corrected chi connectivity index (χ4v) is 2.81. The van der Waals surface area contributed by atoms with Gasteiger partial charge in [-0.3, -0.25) is 0 Å². The Morgan fingerprint density at radius 1 is 1.35 bits per heavy atom. The minimum atomic E-state index is 0.550. The summed E-state index contributed by atoms with van der Waals surface area (Å²) in [5.41, 5.74) is 2.76. The van der Waals surface area contributed by atoms with E-state index in [0.717, 1.165) is 32.8 Å². The van der Waals surface area contributed by atoms with Gasteiger partial charge in [0, 0.05) is 38.0 Å². The van der Waals surface area contributed by atoms with Crippen molar-refractivity contribution in [2.75, 3.05) is 31.2 Å². The third-order valence-corrected chi connectivity index (χ3v) is 4.34. The molecule has 0 bridgehead atoms. The number of hydrogen-bond acceptors (Lipinski definition) is 3. The molecule has 0 aromatic heterocycles. The van der Waals surface area contributed by atoms with Crippen LogP contribution in [-0.4, -0.2) is 32.3 Å². The van der Waals surface area contributed by atoms with Gasteiger partial charge in [0.25, 0.3) is 0 Å². The number of fused-ring (bicyclic) bond motifs is 1. The molecule has 3 heteroatoms. The van der Waals surface area contributed by atoms with Gasteiger partial charge in [-0.15, -0.1) is 0 Å². The van der Waals surface area contributed by atoms with Gasteiger partial charge in [-0.1, -0.05) is 38.5 Å². The summed E-state index contributed by atoms with van der Waals surface area (Å²) < 4.78 is 5.55. The Labute approximate surface area is 123 Å². The van der Waals surface area contributed by atoms with Crippen molar-refractivity contribution >= 4 is 5.69 Å². The van der Waals surface area contributed by atoms with Gasteiger partial charge in [-0.05, 0) is 24.5 Å². The molecule has 0 amide bonds. The van der Waals surface area contributed by atoms with E-state index in [1.807, 2.05) is 0 Å². The number of anilines is 1. The zero-order valence-corrected chi connectivity index (χ0v) is 13.1. The van der Waals surface area contributed by atoms with E-state index >= 15 is 0 Å². The maximum atomic E-state index is 5.55. The largest absolute Gasteiger partial charge is 0.380 e. The van der Waals surface area contributed by atoms with E-state index in [2.05, 4.69) is 55.3 Å². The van der Waals surface area contributed by atoms with Gasteiger partial charge in [-0.25, -0.2) is 0 Å². The summed E-state index contributed by atoms with van der Waals surface area (Å²) in [4.78, 5) is 2.49. The average Bonchev–Trinajstić information content (AvgIpc) is 2.67. The molecular weight excluding hydrogens is 248 g/mol. The van der Waals surface area contributed by atoms with Crippen LogP contribution in [0.5, 0.6) is 0 Å². The van der Waals surface area contributed by atoms with Gasteiger partial charge in [0.15, 0.2) is 0 Å². The van der Waals surface area contributed by atoms with E-state index in [9.17, 15) is 0 Å². The van der Waals surface area contributed by atoms with Crippen LogP contribution >= 0.6 is 0 Å². The molecule has 2 rings (SSSR count). The molecule has 1 aliphatic rings. The molecule has 0 radical (unpaired) electrons. The minimum Gasteiger partial charge on any atom is -0.380 e. The van der Waals surface area contributed by atoms with Crippen molar-refractivity contribution < 1.29 is 4.74 Å². The van der Waals surface area contributed by atoms with E-state index in [0.29, 0.717) is 12.0 Å². The van der Waals surface area contributed by atoms with Crippen LogP contribution in [0.4, 0.5) is 5.69 Å². The van der Waals surface area contributed by atoms with Gasteiger partial charge in [-0.2, -0.15) is 0 Å². The first-order valence-electron chi connectivity index (χ1n) is 7.90. The molecule has 1 aromatic carbocycles. The second-order valence-corrected chi connectivity index (χ2v) is 5.64. The molecule has 0 fully saturated rings. The number of para-hydroxylation sites is 1. The zero-order chi connectivity index (χ0) is 14.4. The van der Waals surface area contributed by atoms with E-state index in [4.69, 9.17) is 4.74 Å². The van der Waals surface area contributed by atoms with Crippen LogP contribution < -0.4 is 10.2 Å². The fourth-order valence-electron chi connectivity index (χ4n) is 2.81. The molecule has 0 saturated carbocycles. The second kappa shape index (κ2) is 7.65. The molecule has 0 aliphatic carbocycles. The maximum absolute atomic E-state index is 5.55. The first-order chi connectivity index (χ1) is 9.76. The van der Waals surface area contributed by atoms with E-state index in [1.165, 1.54) is 17.7 Å². The van der Waals surface area contributed by atoms with Crippen LogP contribution in [0, 0.1) is 5.92 Å². The minimum absolute atomic E-state index is 0.550. The van der Waals surface area contributed by atoms with Crippen LogP contribution in [0.1, 0.15) is 32.8 Å². The van der Waals surface area contributed by atoms with Crippen molar-refractivity contribution in [3.8, 4) is 0 Å². The molecule has 1 aliphatic heterocycles. The predicted octanol–water partition coefficient (Wildman–Crippen LogP) is 3.05. The van der Waals surface area contributed by atoms with Crippen LogP contribution in [-0.2, 0) is 11.3 Å². The molecule has 1 heterocycles. The van der Waals surface area contributed by atoms with Gasteiger partial charge < -0.3 is 15.0 Å². The predicted molar refractivity (Wildman–Crippen MR) is 85.2 cm³/mol. The molecular formula is C17H28N2O. The number of benzene rings is 1. The highest BCUT2D eigenvalue weighted by atomic mass is 16.5. The number of rotatable bonds is 6. The summed E-state index contributed by atoms with van der Waals surface area (Å²) in [6.07, 6.45) is 1.22. The molecule has 1 aromatic rings. The van der Waals surface area contributed by atoms with E-state index < -0.39 is 0 Å². The standard InChI is InChI=1S/C17H28N2O/c1-4-14(3)16-13-19(10-11-20-5-2)17-9-7-6-8-15(17)12-18-16/h6-9,14,16,18H,4-5,10-13H2,1-3H3. The topological polar surface area (TPSA) is 24.5 Å². The molecule has 2 unspecified atom stereocenters. The number of nitrogens with zero attached hydrogens (tertiary/aromatic N) is 1. The zero-order valence-electron chi connectivity index (χ0n) is 13.1. The van der Waals surface area contributed by atoms with Crippen molar-refractivity contribution in [2.24, 2.45) is 5.92 Å². The monoisotopic (exact) mass is 276 g/mol. The first kappa shape index (κ1) is 15.3. The molecule has 3 nitrogen and oxygen atoms in total. The Morgan fingerprint density at radius 3 is 2.90 bits per heavy atom. The summed E-state index contributed by atoms with van der Waals surface area (Å²) >= 11 is 0. The van der Waals surface area contributed by atoms with Gasteiger partial charge in [0.2, 0.25) is 0 Å². The molecule has 1 N–H and O–H groups in total. The van der Waals surface area contributed by atoms with Crippen LogP contribution in [0.25, 0.3) is 0 Å². The Balaban J connectivity index is 2.14. The lowest BCUT2D eigenvalue weighted by Gasteiger charge is -2.30. The lowest BCUT2D eigenvalue weighted by molar-refractivity contribution is 0.153. The van der Waals surface area contributed by atoms with E-state index in [-0.39, 0.29) is 0 Å². The summed E-state index contributed by atoms with van der Waals surface area (Å²) in [5.74, 6) is 0.693. The summed E-state index contributed by atoms with van der Waals surface area (Å²) in [6, 6.07) is 9.28. The average molecular weight is 276 g/mol. The highest BCUT2D eigenvalue weighted by Gasteiger charge is 2.24. The third kappa shape index (κ3) is 3.74. The van der Waals surface area contributed by atoms with Crippen LogP contribution in [0.2, 0.25) is 0 Å². The van der Waals surface area contributed by atoms with Crippen molar-refractivity contribution in [2.45, 2.75) is 39.8 Å². The van der Waals surface area contributed by atoms with Crippen LogP contribution in [0.3, 0.4) is 0 Å². The summed E-state index contributed by atoms with van der Waals surface area (Å²) in [7, 11) is 0. The second-order valence-electron chi connectivity index (χ2n) is 5.64. The number of ether oxygens (including phenoxy) is 1. The van der Waals surface area contributed by atoms with Crippen molar-refractivity contribution in [1.29, 1.82) is 0 Å². The highest BCUT2D eigenvalue weighted by molar-refractivity contribution is 5.54. The Kier molecular flexibility index (Phi) is 5.86. The highest BCUT2D eigenvalue weighted by Crippen LogP contribution is 2.25. The lowest BCUT2D eigenvalue weighted by atomic mass is 9.99. The third-order valence-electron chi connectivity index (χ3n) is 4.34. The van der Waals surface area contributed by atoms with Gasteiger partial charge >= 0.3 is 0 Å². The number of nitrogens with one attached hydrogen (secondary N) is 1. The van der Waals surface area contributed by atoms with E-state index in [1.54, 1.807) is 0 Å². The Bertz CT molecular complexity index is 408. The van der Waals surface area contributed by atoms with Gasteiger partial charge in [0.1, 0.15) is 0 Å². The summed E-state index contributed by atoms with van der Waals surface area (Å²) in [5, 5.41) is 3.73. The first-order valence-corrected chi connectivity index (χ1v) is 7.90. The van der Waals surface area contributed by atoms with Crippen molar-refractivity contribution in [1.82, 2.24) is 5.32 Å². The normalized spacial score (nSPS) is 20.4. The van der Waals surface area contributed by atoms with Crippen molar-refractivity contribution in [3.05, 3.63) is 29.8 Å². The summed E-state index contributed by atoms with van der Waals surface area (Å²) in [6.45, 7) is 11.3. The number of hydrogen-bond donors (Lipinski definition) is 1. The quantitative estimate of drug-likeness (QED) is 0.808. The maximum Gasteiger partial charge on any atom is 0.0641 e. The smallest absolute Gasteiger partial charge is 0.0641 e. The molecule has 20 heavy (non-hydrogen) atoms. The molecule has 112 valence electrons. The fraction of sp³-hybridized carbons (Fsp3) is 0.647. The molecule has 0 saturated heterocycles. The SMILES string of the molecule is CCOCCN1CC(C(C)CC)NCc2ccccc21. The lowest BCUT2D eigenvalue weighted by Crippen LogP contribution is -2.43. The Hall–Kier alpha value is -1.06. The van der Waals surface area contributed by atoms with Gasteiger partial charge in [0.05, 0.1) is 6.61 Å². The Morgan fingerprint density at radius 2 is 2.15 bits per heavy atom. The van der Waals surface area contributed by atoms with Crippen molar-refractivity contribution in [3.63, 3.8) is 0 Å². The molecule has 0 spiro atoms. The molecule has 2 atom stereocenters. The van der Waals surface area contributed by atoms with Crippen LogP contribution in [0.15, 0.2) is 24.3 Å².